The zero-order chi connectivity index (χ0) is 10.4. The molecule has 0 aliphatic carbocycles. The molecule has 0 radical (unpaired) electrons. The van der Waals surface area contributed by atoms with Crippen molar-refractivity contribution in [1.29, 1.82) is 10.5 Å². The third kappa shape index (κ3) is 2.37. The highest BCUT2D eigenvalue weighted by Gasteiger charge is 2.05. The van der Waals surface area contributed by atoms with Gasteiger partial charge < -0.3 is 10.2 Å². The number of hydrazine groups is 1. The molecule has 0 heterocycles. The lowest BCUT2D eigenvalue weighted by molar-refractivity contribution is 0.309. The monoisotopic (exact) mass is 188 g/mol. The van der Waals surface area contributed by atoms with Gasteiger partial charge in [-0.25, -0.2) is 0 Å². The molecule has 0 unspecified atom stereocenters. The molecule has 0 amide bonds. The van der Waals surface area contributed by atoms with E-state index in [-0.39, 0.29) is 0 Å². The third-order valence-corrected chi connectivity index (χ3v) is 1.51. The molecule has 0 atom stereocenters. The van der Waals surface area contributed by atoms with E-state index in [9.17, 15) is 0 Å². The summed E-state index contributed by atoms with van der Waals surface area (Å²) in [6.45, 7) is 0. The van der Waals surface area contributed by atoms with Gasteiger partial charge >= 0.3 is 0 Å². The van der Waals surface area contributed by atoms with Gasteiger partial charge in [-0.1, -0.05) is 0 Å². The van der Waals surface area contributed by atoms with Gasteiger partial charge in [0.25, 0.3) is 6.10 Å². The van der Waals surface area contributed by atoms with E-state index in [1.54, 1.807) is 36.4 Å². The van der Waals surface area contributed by atoms with Crippen LogP contribution in [0.5, 0.6) is 5.75 Å². The van der Waals surface area contributed by atoms with Gasteiger partial charge in [-0.05, 0) is 24.3 Å². The van der Waals surface area contributed by atoms with Crippen LogP contribution in [0.4, 0.5) is 5.69 Å². The second-order valence-corrected chi connectivity index (χ2v) is 2.42. The molecule has 14 heavy (non-hydrogen) atoms. The Bertz CT molecular complexity index is 359. The van der Waals surface area contributed by atoms with Gasteiger partial charge in [0, 0.05) is 5.69 Å². The van der Waals surface area contributed by atoms with Crippen molar-refractivity contribution in [3.8, 4) is 17.9 Å². The predicted octanol–water partition coefficient (Wildman–Crippen LogP) is 0.767. The molecule has 0 aliphatic rings. The minimum absolute atomic E-state index is 0.456. The summed E-state index contributed by atoms with van der Waals surface area (Å²) in [6.07, 6.45) is -1.08. The Morgan fingerprint density at radius 3 is 2.21 bits per heavy atom. The molecular formula is C9H8N4O. The van der Waals surface area contributed by atoms with Crippen molar-refractivity contribution < 1.29 is 4.74 Å². The Kier molecular flexibility index (Phi) is 3.31. The van der Waals surface area contributed by atoms with Crippen molar-refractivity contribution in [3.63, 3.8) is 0 Å². The quantitative estimate of drug-likeness (QED) is 0.539. The van der Waals surface area contributed by atoms with Crippen LogP contribution in [0.1, 0.15) is 0 Å². The van der Waals surface area contributed by atoms with Gasteiger partial charge in [0.1, 0.15) is 17.9 Å². The number of anilines is 1. The summed E-state index contributed by atoms with van der Waals surface area (Å²) in [5.74, 6) is 5.61. The number of nitrogens with one attached hydrogen (secondary N) is 1. The van der Waals surface area contributed by atoms with Crippen LogP contribution >= 0.6 is 0 Å². The van der Waals surface area contributed by atoms with Gasteiger partial charge in [0.05, 0.1) is 0 Å². The molecule has 0 aliphatic heterocycles. The average molecular weight is 188 g/mol. The summed E-state index contributed by atoms with van der Waals surface area (Å²) in [5, 5.41) is 16.9. The topological polar surface area (TPSA) is 94.9 Å². The number of nitriles is 2. The molecule has 1 aromatic rings. The van der Waals surface area contributed by atoms with E-state index in [1.807, 2.05) is 0 Å². The first-order valence-electron chi connectivity index (χ1n) is 3.82. The van der Waals surface area contributed by atoms with Gasteiger partial charge in [-0.2, -0.15) is 10.5 Å². The Balaban J connectivity index is 2.70. The number of ether oxygens (including phenoxy) is 1. The lowest BCUT2D eigenvalue weighted by Crippen LogP contribution is -2.11. The highest BCUT2D eigenvalue weighted by Crippen LogP contribution is 2.15. The number of rotatable bonds is 3. The maximum absolute atomic E-state index is 8.46. The van der Waals surface area contributed by atoms with Crippen molar-refractivity contribution in [2.75, 3.05) is 5.43 Å². The standard InChI is InChI=1S/C9H8N4O/c10-5-9(6-11)14-8-3-1-7(13-12)2-4-8/h1-4,9,13H,12H2. The maximum Gasteiger partial charge on any atom is 0.269 e. The van der Waals surface area contributed by atoms with E-state index >= 15 is 0 Å². The highest BCUT2D eigenvalue weighted by atomic mass is 16.5. The summed E-state index contributed by atoms with van der Waals surface area (Å²) in [7, 11) is 0. The van der Waals surface area contributed by atoms with Crippen LogP contribution in [0.2, 0.25) is 0 Å². The van der Waals surface area contributed by atoms with E-state index in [0.29, 0.717) is 5.75 Å². The first-order valence-corrected chi connectivity index (χ1v) is 3.82. The largest absolute Gasteiger partial charge is 0.462 e. The normalized spacial score (nSPS) is 8.86. The smallest absolute Gasteiger partial charge is 0.269 e. The van der Waals surface area contributed by atoms with Gasteiger partial charge in [-0.15, -0.1) is 0 Å². The third-order valence-electron chi connectivity index (χ3n) is 1.51. The fourth-order valence-corrected chi connectivity index (χ4v) is 0.847. The zero-order valence-corrected chi connectivity index (χ0v) is 7.27. The number of nitrogens with zero attached hydrogens (tertiary/aromatic N) is 2. The van der Waals surface area contributed by atoms with Crippen molar-refractivity contribution in [1.82, 2.24) is 0 Å². The Labute approximate surface area is 81.3 Å². The minimum Gasteiger partial charge on any atom is -0.462 e. The predicted molar refractivity (Wildman–Crippen MR) is 49.9 cm³/mol. The van der Waals surface area contributed by atoms with Crippen LogP contribution < -0.4 is 16.0 Å². The summed E-state index contributed by atoms with van der Waals surface area (Å²) in [5.41, 5.74) is 3.17. The molecule has 5 heteroatoms. The van der Waals surface area contributed by atoms with E-state index < -0.39 is 6.10 Å². The Morgan fingerprint density at radius 1 is 1.21 bits per heavy atom. The zero-order valence-electron chi connectivity index (χ0n) is 7.27. The van der Waals surface area contributed by atoms with Gasteiger partial charge in [-0.3, -0.25) is 5.84 Å². The first kappa shape index (κ1) is 9.85. The number of nitrogen functional groups attached to an aromatic ring is 1. The molecule has 0 spiro atoms. The van der Waals surface area contributed by atoms with E-state index in [1.165, 1.54) is 0 Å². The molecule has 0 bridgehead atoms. The number of benzene rings is 1. The molecule has 5 nitrogen and oxygen atoms in total. The summed E-state index contributed by atoms with van der Waals surface area (Å²) in [6, 6.07) is 10.0. The molecule has 3 N–H and O–H groups in total. The maximum atomic E-state index is 8.46. The fourth-order valence-electron chi connectivity index (χ4n) is 0.847. The van der Waals surface area contributed by atoms with Crippen LogP contribution in [-0.2, 0) is 0 Å². The summed E-state index contributed by atoms with van der Waals surface area (Å²) in [4.78, 5) is 0. The van der Waals surface area contributed by atoms with Crippen molar-refractivity contribution in [2.24, 2.45) is 5.84 Å². The van der Waals surface area contributed by atoms with Crippen LogP contribution in [0.3, 0.4) is 0 Å². The summed E-state index contributed by atoms with van der Waals surface area (Å²) >= 11 is 0. The van der Waals surface area contributed by atoms with Crippen LogP contribution in [-0.4, -0.2) is 6.10 Å². The molecule has 0 fully saturated rings. The van der Waals surface area contributed by atoms with Crippen molar-refractivity contribution in [2.45, 2.75) is 6.10 Å². The number of hydrogen-bond acceptors (Lipinski definition) is 5. The number of nitrogens with two attached hydrogens (primary N) is 1. The van der Waals surface area contributed by atoms with Gasteiger partial charge in [0.2, 0.25) is 0 Å². The SMILES string of the molecule is N#CC(C#N)Oc1ccc(NN)cc1. The van der Waals surface area contributed by atoms with E-state index in [0.717, 1.165) is 5.69 Å². The Hall–Kier alpha value is -2.24. The van der Waals surface area contributed by atoms with Crippen LogP contribution in [0, 0.1) is 22.7 Å². The second-order valence-electron chi connectivity index (χ2n) is 2.42. The van der Waals surface area contributed by atoms with E-state index in [4.69, 9.17) is 21.1 Å². The molecule has 0 saturated carbocycles. The van der Waals surface area contributed by atoms with E-state index in [2.05, 4.69) is 5.43 Å². The summed E-state index contributed by atoms with van der Waals surface area (Å²) < 4.78 is 5.02. The molecule has 70 valence electrons. The van der Waals surface area contributed by atoms with Crippen LogP contribution in [0.15, 0.2) is 24.3 Å². The average Bonchev–Trinajstić information content (AvgIpc) is 2.26. The van der Waals surface area contributed by atoms with Crippen molar-refractivity contribution in [3.05, 3.63) is 24.3 Å². The number of hydrogen-bond donors (Lipinski definition) is 2. The lowest BCUT2D eigenvalue weighted by Gasteiger charge is -2.06. The molecule has 0 aromatic heterocycles. The fraction of sp³-hybridized carbons (Fsp3) is 0.111. The second kappa shape index (κ2) is 4.70. The Morgan fingerprint density at radius 2 is 1.79 bits per heavy atom. The highest BCUT2D eigenvalue weighted by molar-refractivity contribution is 5.45. The molecule has 1 aromatic carbocycles. The van der Waals surface area contributed by atoms with Crippen LogP contribution in [0.25, 0.3) is 0 Å². The minimum atomic E-state index is -1.08. The molecule has 1 rings (SSSR count). The van der Waals surface area contributed by atoms with Gasteiger partial charge in [0.15, 0.2) is 0 Å². The molecular weight excluding hydrogens is 180 g/mol. The lowest BCUT2D eigenvalue weighted by atomic mass is 10.3. The first-order chi connectivity index (χ1) is 6.80. The van der Waals surface area contributed by atoms with Crippen molar-refractivity contribution >= 4 is 5.69 Å². The molecule has 0 saturated heterocycles.